The maximum absolute atomic E-state index is 12.4. The Kier molecular flexibility index (Phi) is 4.00. The lowest BCUT2D eigenvalue weighted by Gasteiger charge is -2.27. The highest BCUT2D eigenvalue weighted by Gasteiger charge is 2.20. The number of hydrogen-bond donors (Lipinski definition) is 0. The standard InChI is InChI=1S/C15H21NOS/c1-15(2,3)13-6-4-5-12(11-13)14(17)16-7-9-18-10-8-16/h4-6,11H,7-10H2,1-3H3. The van der Waals surface area contributed by atoms with Crippen molar-refractivity contribution in [3.63, 3.8) is 0 Å². The van der Waals surface area contributed by atoms with Crippen molar-refractivity contribution < 1.29 is 4.79 Å². The first-order chi connectivity index (χ1) is 8.48. The quantitative estimate of drug-likeness (QED) is 0.775. The summed E-state index contributed by atoms with van der Waals surface area (Å²) in [5.74, 6) is 2.30. The van der Waals surface area contributed by atoms with Gasteiger partial charge in [0.25, 0.3) is 5.91 Å². The van der Waals surface area contributed by atoms with Crippen LogP contribution in [0.2, 0.25) is 0 Å². The molecule has 98 valence electrons. The van der Waals surface area contributed by atoms with E-state index in [-0.39, 0.29) is 11.3 Å². The van der Waals surface area contributed by atoms with Gasteiger partial charge in [-0.1, -0.05) is 32.9 Å². The minimum atomic E-state index is 0.0913. The van der Waals surface area contributed by atoms with E-state index in [1.807, 2.05) is 34.9 Å². The SMILES string of the molecule is CC(C)(C)c1cccc(C(=O)N2CCSCC2)c1. The summed E-state index contributed by atoms with van der Waals surface area (Å²) >= 11 is 1.92. The van der Waals surface area contributed by atoms with Crippen LogP contribution in [0.3, 0.4) is 0 Å². The largest absolute Gasteiger partial charge is 0.337 e. The van der Waals surface area contributed by atoms with E-state index in [0.717, 1.165) is 30.2 Å². The van der Waals surface area contributed by atoms with Crippen LogP contribution in [0.5, 0.6) is 0 Å². The third kappa shape index (κ3) is 3.08. The fourth-order valence-electron chi connectivity index (χ4n) is 2.07. The molecule has 0 atom stereocenters. The zero-order valence-corrected chi connectivity index (χ0v) is 12.2. The Hall–Kier alpha value is -0.960. The van der Waals surface area contributed by atoms with Crippen LogP contribution in [-0.2, 0) is 5.41 Å². The molecular formula is C15H21NOS. The normalized spacial score (nSPS) is 16.7. The molecular weight excluding hydrogens is 242 g/mol. The molecule has 1 fully saturated rings. The Labute approximate surface area is 114 Å². The molecule has 1 aromatic carbocycles. The van der Waals surface area contributed by atoms with Crippen molar-refractivity contribution in [2.45, 2.75) is 26.2 Å². The lowest BCUT2D eigenvalue weighted by Crippen LogP contribution is -2.38. The second kappa shape index (κ2) is 5.35. The van der Waals surface area contributed by atoms with Crippen LogP contribution >= 0.6 is 11.8 Å². The van der Waals surface area contributed by atoms with Gasteiger partial charge in [0.05, 0.1) is 0 Å². The van der Waals surface area contributed by atoms with Crippen molar-refractivity contribution in [1.82, 2.24) is 4.90 Å². The Morgan fingerprint density at radius 3 is 2.50 bits per heavy atom. The van der Waals surface area contributed by atoms with Crippen molar-refractivity contribution in [2.75, 3.05) is 24.6 Å². The molecule has 1 saturated heterocycles. The molecule has 0 unspecified atom stereocenters. The molecule has 0 aliphatic carbocycles. The van der Waals surface area contributed by atoms with E-state index in [1.54, 1.807) is 0 Å². The molecule has 18 heavy (non-hydrogen) atoms. The van der Waals surface area contributed by atoms with Gasteiger partial charge in [-0.25, -0.2) is 0 Å². The molecule has 1 aromatic rings. The highest BCUT2D eigenvalue weighted by atomic mass is 32.2. The number of rotatable bonds is 1. The second-order valence-electron chi connectivity index (χ2n) is 5.74. The van der Waals surface area contributed by atoms with E-state index < -0.39 is 0 Å². The van der Waals surface area contributed by atoms with E-state index >= 15 is 0 Å². The van der Waals surface area contributed by atoms with Crippen LogP contribution < -0.4 is 0 Å². The topological polar surface area (TPSA) is 20.3 Å². The average molecular weight is 263 g/mol. The number of amides is 1. The van der Waals surface area contributed by atoms with E-state index in [0.29, 0.717) is 0 Å². The maximum atomic E-state index is 12.4. The number of benzene rings is 1. The fraction of sp³-hybridized carbons (Fsp3) is 0.533. The molecule has 2 nitrogen and oxygen atoms in total. The molecule has 0 spiro atoms. The molecule has 0 bridgehead atoms. The van der Waals surface area contributed by atoms with Crippen LogP contribution in [0.15, 0.2) is 24.3 Å². The van der Waals surface area contributed by atoms with E-state index in [4.69, 9.17) is 0 Å². The van der Waals surface area contributed by atoms with Crippen molar-refractivity contribution >= 4 is 17.7 Å². The zero-order chi connectivity index (χ0) is 13.2. The van der Waals surface area contributed by atoms with Gasteiger partial charge in [0.15, 0.2) is 0 Å². The summed E-state index contributed by atoms with van der Waals surface area (Å²) in [6.07, 6.45) is 0. The first-order valence-electron chi connectivity index (χ1n) is 6.46. The predicted molar refractivity (Wildman–Crippen MR) is 78.4 cm³/mol. The number of thioether (sulfide) groups is 1. The first kappa shape index (κ1) is 13.5. The predicted octanol–water partition coefficient (Wildman–Crippen LogP) is 3.17. The highest BCUT2D eigenvalue weighted by Crippen LogP contribution is 2.23. The summed E-state index contributed by atoms with van der Waals surface area (Å²) in [7, 11) is 0. The van der Waals surface area contributed by atoms with Gasteiger partial charge in [0.1, 0.15) is 0 Å². The number of carbonyl (C=O) groups is 1. The molecule has 0 radical (unpaired) electrons. The highest BCUT2D eigenvalue weighted by molar-refractivity contribution is 7.99. The van der Waals surface area contributed by atoms with Crippen LogP contribution in [0.4, 0.5) is 0 Å². The van der Waals surface area contributed by atoms with E-state index in [2.05, 4.69) is 26.8 Å². The lowest BCUT2D eigenvalue weighted by molar-refractivity contribution is 0.0772. The van der Waals surface area contributed by atoms with Gasteiger partial charge >= 0.3 is 0 Å². The Morgan fingerprint density at radius 1 is 1.22 bits per heavy atom. The minimum absolute atomic E-state index is 0.0913. The number of hydrogen-bond acceptors (Lipinski definition) is 2. The molecule has 2 rings (SSSR count). The van der Waals surface area contributed by atoms with Gasteiger partial charge in [-0.2, -0.15) is 11.8 Å². The van der Waals surface area contributed by atoms with Crippen molar-refractivity contribution in [3.8, 4) is 0 Å². The maximum Gasteiger partial charge on any atom is 0.253 e. The minimum Gasteiger partial charge on any atom is -0.337 e. The Balaban J connectivity index is 2.20. The van der Waals surface area contributed by atoms with E-state index in [9.17, 15) is 4.79 Å². The second-order valence-corrected chi connectivity index (χ2v) is 6.96. The third-order valence-corrected chi connectivity index (χ3v) is 4.22. The van der Waals surface area contributed by atoms with Crippen molar-refractivity contribution in [1.29, 1.82) is 0 Å². The lowest BCUT2D eigenvalue weighted by atomic mass is 9.86. The van der Waals surface area contributed by atoms with Gasteiger partial charge in [-0.05, 0) is 23.1 Å². The summed E-state index contributed by atoms with van der Waals surface area (Å²) in [5.41, 5.74) is 2.14. The number of nitrogens with zero attached hydrogens (tertiary/aromatic N) is 1. The first-order valence-corrected chi connectivity index (χ1v) is 7.61. The van der Waals surface area contributed by atoms with Crippen molar-refractivity contribution in [2.24, 2.45) is 0 Å². The van der Waals surface area contributed by atoms with Gasteiger partial charge < -0.3 is 4.90 Å². The molecule has 0 N–H and O–H groups in total. The summed E-state index contributed by atoms with van der Waals surface area (Å²) < 4.78 is 0. The van der Waals surface area contributed by atoms with Crippen LogP contribution in [0.1, 0.15) is 36.7 Å². The van der Waals surface area contributed by atoms with Gasteiger partial charge in [0, 0.05) is 30.2 Å². The average Bonchev–Trinajstić information content (AvgIpc) is 2.38. The summed E-state index contributed by atoms with van der Waals surface area (Å²) in [6.45, 7) is 8.28. The van der Waals surface area contributed by atoms with Crippen LogP contribution in [0.25, 0.3) is 0 Å². The monoisotopic (exact) mass is 263 g/mol. The molecule has 3 heteroatoms. The Morgan fingerprint density at radius 2 is 1.89 bits per heavy atom. The summed E-state index contributed by atoms with van der Waals surface area (Å²) in [4.78, 5) is 14.4. The molecule has 1 aliphatic rings. The molecule has 1 heterocycles. The zero-order valence-electron chi connectivity index (χ0n) is 11.4. The Bertz CT molecular complexity index is 430. The van der Waals surface area contributed by atoms with Gasteiger partial charge in [-0.15, -0.1) is 0 Å². The van der Waals surface area contributed by atoms with Gasteiger partial charge in [-0.3, -0.25) is 4.79 Å². The molecule has 0 aromatic heterocycles. The molecule has 0 saturated carbocycles. The van der Waals surface area contributed by atoms with Gasteiger partial charge in [0.2, 0.25) is 0 Å². The molecule has 1 amide bonds. The molecule has 1 aliphatic heterocycles. The number of carbonyl (C=O) groups excluding carboxylic acids is 1. The fourth-order valence-corrected chi connectivity index (χ4v) is 2.97. The van der Waals surface area contributed by atoms with Crippen LogP contribution in [-0.4, -0.2) is 35.4 Å². The summed E-state index contributed by atoms with van der Waals surface area (Å²) in [5, 5.41) is 0. The van der Waals surface area contributed by atoms with Crippen LogP contribution in [0, 0.1) is 0 Å². The smallest absolute Gasteiger partial charge is 0.253 e. The van der Waals surface area contributed by atoms with E-state index in [1.165, 1.54) is 5.56 Å². The summed E-state index contributed by atoms with van der Waals surface area (Å²) in [6, 6.07) is 8.07. The van der Waals surface area contributed by atoms with Crippen molar-refractivity contribution in [3.05, 3.63) is 35.4 Å². The third-order valence-electron chi connectivity index (χ3n) is 3.27.